The van der Waals surface area contributed by atoms with Crippen LogP contribution in [0.2, 0.25) is 0 Å². The standard InChI is InChI=1S/C14H22N2O2/c1-4-12-10(2)7-13(18-12)14(17)16-6-5-11(9-16)8-15-3/h7,11,15H,4-6,8-9H2,1-3H3. The number of aryl methyl sites for hydroxylation is 2. The minimum absolute atomic E-state index is 0.0383. The first-order valence-electron chi connectivity index (χ1n) is 6.68. The summed E-state index contributed by atoms with van der Waals surface area (Å²) in [6.07, 6.45) is 1.91. The molecule has 2 heterocycles. The molecule has 1 N–H and O–H groups in total. The van der Waals surface area contributed by atoms with Crippen LogP contribution in [0.3, 0.4) is 0 Å². The predicted octanol–water partition coefficient (Wildman–Crippen LogP) is 1.83. The molecular formula is C14H22N2O2. The van der Waals surface area contributed by atoms with Crippen LogP contribution >= 0.6 is 0 Å². The van der Waals surface area contributed by atoms with Crippen LogP contribution in [0.4, 0.5) is 0 Å². The second-order valence-corrected chi connectivity index (χ2v) is 5.03. The summed E-state index contributed by atoms with van der Waals surface area (Å²) in [5.41, 5.74) is 1.08. The van der Waals surface area contributed by atoms with Gasteiger partial charge in [-0.1, -0.05) is 6.92 Å². The average Bonchev–Trinajstić information content (AvgIpc) is 2.95. The summed E-state index contributed by atoms with van der Waals surface area (Å²) in [5.74, 6) is 2.02. The van der Waals surface area contributed by atoms with E-state index in [2.05, 4.69) is 5.32 Å². The molecule has 1 saturated heterocycles. The van der Waals surface area contributed by atoms with E-state index in [-0.39, 0.29) is 5.91 Å². The van der Waals surface area contributed by atoms with Gasteiger partial charge in [0.15, 0.2) is 5.76 Å². The van der Waals surface area contributed by atoms with Crippen molar-refractivity contribution in [3.63, 3.8) is 0 Å². The molecule has 4 nitrogen and oxygen atoms in total. The van der Waals surface area contributed by atoms with Gasteiger partial charge in [-0.15, -0.1) is 0 Å². The molecule has 1 aromatic heterocycles. The summed E-state index contributed by atoms with van der Waals surface area (Å²) in [6.45, 7) is 6.68. The Hall–Kier alpha value is -1.29. The molecule has 100 valence electrons. The molecule has 0 bridgehead atoms. The Morgan fingerprint density at radius 1 is 1.61 bits per heavy atom. The second kappa shape index (κ2) is 5.57. The van der Waals surface area contributed by atoms with Crippen molar-refractivity contribution < 1.29 is 9.21 Å². The van der Waals surface area contributed by atoms with Crippen molar-refractivity contribution in [2.75, 3.05) is 26.7 Å². The monoisotopic (exact) mass is 250 g/mol. The summed E-state index contributed by atoms with van der Waals surface area (Å²) in [6, 6.07) is 1.87. The molecule has 18 heavy (non-hydrogen) atoms. The molecule has 0 radical (unpaired) electrons. The number of nitrogens with one attached hydrogen (secondary N) is 1. The highest BCUT2D eigenvalue weighted by Crippen LogP contribution is 2.21. The Bertz CT molecular complexity index is 425. The number of carbonyl (C=O) groups excluding carboxylic acids is 1. The van der Waals surface area contributed by atoms with Gasteiger partial charge in [0, 0.05) is 19.5 Å². The van der Waals surface area contributed by atoms with Gasteiger partial charge in [-0.2, -0.15) is 0 Å². The van der Waals surface area contributed by atoms with Crippen molar-refractivity contribution in [2.45, 2.75) is 26.7 Å². The van der Waals surface area contributed by atoms with E-state index in [1.54, 1.807) is 0 Å². The Balaban J connectivity index is 2.03. The zero-order chi connectivity index (χ0) is 13.1. The quantitative estimate of drug-likeness (QED) is 0.886. The molecule has 1 unspecified atom stereocenters. The summed E-state index contributed by atoms with van der Waals surface area (Å²) >= 11 is 0. The second-order valence-electron chi connectivity index (χ2n) is 5.03. The lowest BCUT2D eigenvalue weighted by Gasteiger charge is -2.14. The maximum atomic E-state index is 12.3. The van der Waals surface area contributed by atoms with Crippen LogP contribution in [0.1, 0.15) is 35.2 Å². The average molecular weight is 250 g/mol. The molecule has 0 saturated carbocycles. The maximum Gasteiger partial charge on any atom is 0.289 e. The van der Waals surface area contributed by atoms with Crippen molar-refractivity contribution in [3.05, 3.63) is 23.2 Å². The largest absolute Gasteiger partial charge is 0.456 e. The molecule has 0 aliphatic carbocycles. The maximum absolute atomic E-state index is 12.3. The molecule has 1 aliphatic rings. The lowest BCUT2D eigenvalue weighted by Crippen LogP contribution is -2.30. The normalized spacial score (nSPS) is 19.5. The van der Waals surface area contributed by atoms with Crippen molar-refractivity contribution in [2.24, 2.45) is 5.92 Å². The Labute approximate surface area is 108 Å². The lowest BCUT2D eigenvalue weighted by molar-refractivity contribution is 0.0754. The fraction of sp³-hybridized carbons (Fsp3) is 0.643. The van der Waals surface area contributed by atoms with Crippen LogP contribution in [0.25, 0.3) is 0 Å². The van der Waals surface area contributed by atoms with Gasteiger partial charge in [-0.3, -0.25) is 4.79 Å². The Kier molecular flexibility index (Phi) is 4.07. The predicted molar refractivity (Wildman–Crippen MR) is 70.8 cm³/mol. The third kappa shape index (κ3) is 2.58. The van der Waals surface area contributed by atoms with E-state index < -0.39 is 0 Å². The van der Waals surface area contributed by atoms with Gasteiger partial charge in [0.1, 0.15) is 5.76 Å². The van der Waals surface area contributed by atoms with E-state index in [0.717, 1.165) is 43.8 Å². The van der Waals surface area contributed by atoms with Crippen LogP contribution in [0, 0.1) is 12.8 Å². The first-order chi connectivity index (χ1) is 8.65. The number of rotatable bonds is 4. The Morgan fingerprint density at radius 3 is 3.00 bits per heavy atom. The number of hydrogen-bond acceptors (Lipinski definition) is 3. The summed E-state index contributed by atoms with van der Waals surface area (Å²) < 4.78 is 5.63. The number of amides is 1. The molecule has 1 aromatic rings. The zero-order valence-corrected chi connectivity index (χ0v) is 11.5. The molecule has 1 atom stereocenters. The molecule has 0 spiro atoms. The molecular weight excluding hydrogens is 228 g/mol. The number of hydrogen-bond donors (Lipinski definition) is 1. The van der Waals surface area contributed by atoms with Crippen LogP contribution in [-0.4, -0.2) is 37.5 Å². The SMILES string of the molecule is CCc1oc(C(=O)N2CCC(CNC)C2)cc1C. The van der Waals surface area contributed by atoms with Crippen LogP contribution in [0.15, 0.2) is 10.5 Å². The van der Waals surface area contributed by atoms with E-state index in [0.29, 0.717) is 11.7 Å². The van der Waals surface area contributed by atoms with E-state index in [1.807, 2.05) is 31.9 Å². The lowest BCUT2D eigenvalue weighted by atomic mass is 10.1. The van der Waals surface area contributed by atoms with Crippen molar-refractivity contribution >= 4 is 5.91 Å². The first kappa shape index (κ1) is 13.1. The fourth-order valence-electron chi connectivity index (χ4n) is 2.60. The van der Waals surface area contributed by atoms with Gasteiger partial charge in [-0.05, 0) is 44.5 Å². The van der Waals surface area contributed by atoms with E-state index in [1.165, 1.54) is 0 Å². The highest BCUT2D eigenvalue weighted by molar-refractivity contribution is 5.92. The van der Waals surface area contributed by atoms with Gasteiger partial charge in [0.2, 0.25) is 0 Å². The van der Waals surface area contributed by atoms with Gasteiger partial charge < -0.3 is 14.6 Å². The number of furan rings is 1. The summed E-state index contributed by atoms with van der Waals surface area (Å²) in [4.78, 5) is 14.2. The molecule has 2 rings (SSSR count). The van der Waals surface area contributed by atoms with Gasteiger partial charge >= 0.3 is 0 Å². The number of likely N-dealkylation sites (tertiary alicyclic amines) is 1. The van der Waals surface area contributed by atoms with E-state index in [9.17, 15) is 4.79 Å². The Morgan fingerprint density at radius 2 is 2.39 bits per heavy atom. The molecule has 1 amide bonds. The van der Waals surface area contributed by atoms with Crippen LogP contribution in [-0.2, 0) is 6.42 Å². The van der Waals surface area contributed by atoms with Crippen molar-refractivity contribution in [1.29, 1.82) is 0 Å². The smallest absolute Gasteiger partial charge is 0.289 e. The molecule has 4 heteroatoms. The van der Waals surface area contributed by atoms with Gasteiger partial charge in [-0.25, -0.2) is 0 Å². The minimum Gasteiger partial charge on any atom is -0.456 e. The number of nitrogens with zero attached hydrogens (tertiary/aromatic N) is 1. The minimum atomic E-state index is 0.0383. The summed E-state index contributed by atoms with van der Waals surface area (Å²) in [7, 11) is 1.95. The van der Waals surface area contributed by atoms with Gasteiger partial charge in [0.25, 0.3) is 5.91 Å². The third-order valence-electron chi connectivity index (χ3n) is 3.62. The highest BCUT2D eigenvalue weighted by atomic mass is 16.4. The highest BCUT2D eigenvalue weighted by Gasteiger charge is 2.28. The zero-order valence-electron chi connectivity index (χ0n) is 11.5. The summed E-state index contributed by atoms with van der Waals surface area (Å²) in [5, 5.41) is 3.17. The topological polar surface area (TPSA) is 45.5 Å². The van der Waals surface area contributed by atoms with Crippen molar-refractivity contribution in [1.82, 2.24) is 10.2 Å². The molecule has 1 aliphatic heterocycles. The molecule has 0 aromatic carbocycles. The molecule has 1 fully saturated rings. The van der Waals surface area contributed by atoms with Crippen LogP contribution < -0.4 is 5.32 Å². The van der Waals surface area contributed by atoms with E-state index in [4.69, 9.17) is 4.42 Å². The van der Waals surface area contributed by atoms with Crippen molar-refractivity contribution in [3.8, 4) is 0 Å². The fourth-order valence-corrected chi connectivity index (χ4v) is 2.60. The first-order valence-corrected chi connectivity index (χ1v) is 6.68. The van der Waals surface area contributed by atoms with E-state index >= 15 is 0 Å². The third-order valence-corrected chi connectivity index (χ3v) is 3.62. The number of carbonyl (C=O) groups is 1. The van der Waals surface area contributed by atoms with Crippen LogP contribution in [0.5, 0.6) is 0 Å². The van der Waals surface area contributed by atoms with Gasteiger partial charge in [0.05, 0.1) is 0 Å².